The number of unbranched alkanes of at least 4 members (excludes halogenated alkanes) is 2. The van der Waals surface area contributed by atoms with E-state index in [-0.39, 0.29) is 30.6 Å². The van der Waals surface area contributed by atoms with E-state index in [4.69, 9.17) is 9.47 Å². The summed E-state index contributed by atoms with van der Waals surface area (Å²) in [5.41, 5.74) is 1.21. The summed E-state index contributed by atoms with van der Waals surface area (Å²) >= 11 is 0. The lowest BCUT2D eigenvalue weighted by Gasteiger charge is -2.25. The SMILES string of the molecule is CCCCCOc1ccc(/C(O)=C2/C(=O)C(=O)N(CCOC(C)C)C2c2ccncc2)cc1. The lowest BCUT2D eigenvalue weighted by atomic mass is 9.96. The number of ether oxygens (including phenoxy) is 2. The standard InChI is InChI=1S/C26H32N2O5/c1-4-5-6-16-33-21-9-7-20(8-10-21)24(29)22-23(19-11-13-27-14-12-19)28(26(31)25(22)30)15-17-32-18(2)3/h7-14,18,23,29H,4-6,15-17H2,1-3H3/b24-22-. The van der Waals surface area contributed by atoms with Crippen LogP contribution in [0.2, 0.25) is 0 Å². The Morgan fingerprint density at radius 2 is 1.76 bits per heavy atom. The number of aromatic nitrogens is 1. The highest BCUT2D eigenvalue weighted by Crippen LogP contribution is 2.39. The van der Waals surface area contributed by atoms with Gasteiger partial charge in [-0.3, -0.25) is 14.6 Å². The fourth-order valence-corrected chi connectivity index (χ4v) is 3.80. The average molecular weight is 453 g/mol. The van der Waals surface area contributed by atoms with Crippen LogP contribution in [0.3, 0.4) is 0 Å². The average Bonchev–Trinajstić information content (AvgIpc) is 3.07. The van der Waals surface area contributed by atoms with Crippen molar-refractivity contribution in [3.8, 4) is 5.75 Å². The van der Waals surface area contributed by atoms with Crippen LogP contribution < -0.4 is 4.74 Å². The summed E-state index contributed by atoms with van der Waals surface area (Å²) in [7, 11) is 0. The predicted octanol–water partition coefficient (Wildman–Crippen LogP) is 4.50. The minimum Gasteiger partial charge on any atom is -0.507 e. The molecule has 1 unspecified atom stereocenters. The molecule has 1 amide bonds. The highest BCUT2D eigenvalue weighted by Gasteiger charge is 2.45. The van der Waals surface area contributed by atoms with Crippen molar-refractivity contribution in [2.24, 2.45) is 0 Å². The number of aliphatic hydroxyl groups is 1. The monoisotopic (exact) mass is 452 g/mol. The second-order valence-electron chi connectivity index (χ2n) is 8.27. The molecule has 0 radical (unpaired) electrons. The fourth-order valence-electron chi connectivity index (χ4n) is 3.80. The maximum Gasteiger partial charge on any atom is 0.295 e. The van der Waals surface area contributed by atoms with Crippen molar-refractivity contribution in [2.75, 3.05) is 19.8 Å². The number of rotatable bonds is 11. The van der Waals surface area contributed by atoms with Gasteiger partial charge in [-0.1, -0.05) is 19.8 Å². The summed E-state index contributed by atoms with van der Waals surface area (Å²) in [6.07, 6.45) is 6.42. The quantitative estimate of drug-likeness (QED) is 0.234. The van der Waals surface area contributed by atoms with Crippen molar-refractivity contribution in [3.05, 3.63) is 65.5 Å². The van der Waals surface area contributed by atoms with Crippen LogP contribution in [0.5, 0.6) is 5.75 Å². The first-order chi connectivity index (χ1) is 15.9. The van der Waals surface area contributed by atoms with Gasteiger partial charge in [0.1, 0.15) is 11.5 Å². The smallest absolute Gasteiger partial charge is 0.295 e. The van der Waals surface area contributed by atoms with Crippen LogP contribution in [0.1, 0.15) is 57.2 Å². The molecule has 0 spiro atoms. The molecule has 1 fully saturated rings. The lowest BCUT2D eigenvalue weighted by molar-refractivity contribution is -0.140. The summed E-state index contributed by atoms with van der Waals surface area (Å²) in [5, 5.41) is 11.1. The lowest BCUT2D eigenvalue weighted by Crippen LogP contribution is -2.33. The zero-order valence-electron chi connectivity index (χ0n) is 19.5. The minimum absolute atomic E-state index is 0.00361. The minimum atomic E-state index is -0.714. The molecular weight excluding hydrogens is 420 g/mol. The van der Waals surface area contributed by atoms with Gasteiger partial charge in [-0.05, 0) is 62.2 Å². The van der Waals surface area contributed by atoms with E-state index in [1.54, 1.807) is 48.8 Å². The summed E-state index contributed by atoms with van der Waals surface area (Å²) in [5.74, 6) is -0.875. The topological polar surface area (TPSA) is 89.0 Å². The van der Waals surface area contributed by atoms with E-state index in [1.807, 2.05) is 13.8 Å². The van der Waals surface area contributed by atoms with E-state index in [0.717, 1.165) is 19.3 Å². The number of aliphatic hydroxyl groups excluding tert-OH is 1. The van der Waals surface area contributed by atoms with Gasteiger partial charge in [0.2, 0.25) is 0 Å². The molecule has 0 bridgehead atoms. The van der Waals surface area contributed by atoms with E-state index >= 15 is 0 Å². The molecule has 7 heteroatoms. The molecule has 2 aromatic rings. The second kappa shape index (κ2) is 11.6. The number of benzene rings is 1. The fraction of sp³-hybridized carbons (Fsp3) is 0.423. The molecular formula is C26H32N2O5. The Kier molecular flexibility index (Phi) is 8.60. The number of ketones is 1. The second-order valence-corrected chi connectivity index (χ2v) is 8.27. The number of amides is 1. The van der Waals surface area contributed by atoms with E-state index in [9.17, 15) is 14.7 Å². The molecule has 1 saturated heterocycles. The van der Waals surface area contributed by atoms with Crippen LogP contribution in [0.15, 0.2) is 54.4 Å². The first-order valence-corrected chi connectivity index (χ1v) is 11.5. The van der Waals surface area contributed by atoms with Crippen LogP contribution >= 0.6 is 0 Å². The Bertz CT molecular complexity index is 970. The molecule has 1 N–H and O–H groups in total. The van der Waals surface area contributed by atoms with Crippen LogP contribution in [0.4, 0.5) is 0 Å². The van der Waals surface area contributed by atoms with Gasteiger partial charge in [-0.25, -0.2) is 0 Å². The van der Waals surface area contributed by atoms with Crippen LogP contribution in [0.25, 0.3) is 5.76 Å². The van der Waals surface area contributed by atoms with E-state index < -0.39 is 17.7 Å². The van der Waals surface area contributed by atoms with Crippen molar-refractivity contribution in [1.82, 2.24) is 9.88 Å². The van der Waals surface area contributed by atoms with Crippen molar-refractivity contribution in [1.29, 1.82) is 0 Å². The van der Waals surface area contributed by atoms with Gasteiger partial charge in [0, 0.05) is 24.5 Å². The number of hydrogen-bond donors (Lipinski definition) is 1. The molecule has 0 aliphatic carbocycles. The van der Waals surface area contributed by atoms with E-state index in [1.165, 1.54) is 4.90 Å². The summed E-state index contributed by atoms with van der Waals surface area (Å²) < 4.78 is 11.3. The van der Waals surface area contributed by atoms with Crippen molar-refractivity contribution in [2.45, 2.75) is 52.2 Å². The Morgan fingerprint density at radius 1 is 1.06 bits per heavy atom. The number of Topliss-reactive ketones (excluding diaryl/α,β-unsaturated/α-hetero) is 1. The van der Waals surface area contributed by atoms with Crippen LogP contribution in [-0.2, 0) is 14.3 Å². The summed E-state index contributed by atoms with van der Waals surface area (Å²) in [4.78, 5) is 31.4. The molecule has 176 valence electrons. The molecule has 1 aliphatic heterocycles. The van der Waals surface area contributed by atoms with Gasteiger partial charge in [-0.15, -0.1) is 0 Å². The third kappa shape index (κ3) is 5.99. The van der Waals surface area contributed by atoms with Gasteiger partial charge in [0.25, 0.3) is 11.7 Å². The summed E-state index contributed by atoms with van der Waals surface area (Å²) in [6, 6.07) is 9.69. The third-order valence-electron chi connectivity index (χ3n) is 5.49. The molecule has 1 aromatic carbocycles. The van der Waals surface area contributed by atoms with Crippen LogP contribution in [0, 0.1) is 0 Å². The number of likely N-dealkylation sites (tertiary alicyclic amines) is 1. The number of pyridine rings is 1. The Hall–Kier alpha value is -3.19. The predicted molar refractivity (Wildman–Crippen MR) is 126 cm³/mol. The Morgan fingerprint density at radius 3 is 2.39 bits per heavy atom. The molecule has 7 nitrogen and oxygen atoms in total. The molecule has 1 aliphatic rings. The largest absolute Gasteiger partial charge is 0.507 e. The first kappa shape index (κ1) is 24.5. The van der Waals surface area contributed by atoms with Gasteiger partial charge in [0.15, 0.2) is 0 Å². The molecule has 2 heterocycles. The van der Waals surface area contributed by atoms with Gasteiger partial charge in [-0.2, -0.15) is 0 Å². The number of carbonyl (C=O) groups excluding carboxylic acids is 2. The Balaban J connectivity index is 1.90. The highest BCUT2D eigenvalue weighted by molar-refractivity contribution is 6.46. The van der Waals surface area contributed by atoms with Gasteiger partial charge in [0.05, 0.1) is 30.9 Å². The normalized spacial score (nSPS) is 17.7. The van der Waals surface area contributed by atoms with Crippen LogP contribution in [-0.4, -0.2) is 52.5 Å². The van der Waals surface area contributed by atoms with Crippen molar-refractivity contribution >= 4 is 17.4 Å². The zero-order valence-corrected chi connectivity index (χ0v) is 19.5. The Labute approximate surface area is 195 Å². The highest BCUT2D eigenvalue weighted by atomic mass is 16.5. The number of hydrogen-bond acceptors (Lipinski definition) is 6. The maximum atomic E-state index is 13.0. The van der Waals surface area contributed by atoms with Gasteiger partial charge >= 0.3 is 0 Å². The van der Waals surface area contributed by atoms with Gasteiger partial charge < -0.3 is 19.5 Å². The number of nitrogens with zero attached hydrogens (tertiary/aromatic N) is 2. The number of carbonyl (C=O) groups is 2. The molecule has 1 aromatic heterocycles. The summed E-state index contributed by atoms with van der Waals surface area (Å²) in [6.45, 7) is 7.10. The molecule has 3 rings (SSSR count). The first-order valence-electron chi connectivity index (χ1n) is 11.5. The zero-order chi connectivity index (χ0) is 23.8. The molecule has 1 atom stereocenters. The van der Waals surface area contributed by atoms with E-state index in [0.29, 0.717) is 23.5 Å². The molecule has 33 heavy (non-hydrogen) atoms. The third-order valence-corrected chi connectivity index (χ3v) is 5.49. The van der Waals surface area contributed by atoms with E-state index in [2.05, 4.69) is 11.9 Å². The molecule has 0 saturated carbocycles. The van der Waals surface area contributed by atoms with Crippen molar-refractivity contribution < 1.29 is 24.2 Å². The maximum absolute atomic E-state index is 13.0. The van der Waals surface area contributed by atoms with Crippen molar-refractivity contribution in [3.63, 3.8) is 0 Å².